The molecule has 6 nitrogen and oxygen atoms in total. The summed E-state index contributed by atoms with van der Waals surface area (Å²) in [6, 6.07) is 27.4. The number of nitrogens with zero attached hydrogens (tertiary/aromatic N) is 5. The van der Waals surface area contributed by atoms with Crippen LogP contribution in [0.15, 0.2) is 126 Å². The second kappa shape index (κ2) is 8.83. The van der Waals surface area contributed by atoms with E-state index in [1.807, 2.05) is 109 Å². The average Bonchev–Trinajstić information content (AvgIpc) is 3.30. The molecule has 2 aliphatic rings. The number of hydrogen-bond acceptors (Lipinski definition) is 3. The van der Waals surface area contributed by atoms with Gasteiger partial charge in [0.15, 0.2) is 5.84 Å². The molecule has 1 aromatic heterocycles. The number of aliphatic imine (C=N–C) groups is 2. The van der Waals surface area contributed by atoms with E-state index in [1.54, 1.807) is 10.9 Å². The first-order valence-electron chi connectivity index (χ1n) is 11.4. The lowest BCUT2D eigenvalue weighted by Crippen LogP contribution is -2.24. The molecule has 3 aromatic carbocycles. The van der Waals surface area contributed by atoms with Crippen molar-refractivity contribution in [2.45, 2.75) is 6.54 Å². The summed E-state index contributed by atoms with van der Waals surface area (Å²) in [6.07, 6.45) is 9.56. The van der Waals surface area contributed by atoms with E-state index in [-0.39, 0.29) is 5.91 Å². The number of hydrogen-bond donors (Lipinski definition) is 0. The lowest BCUT2D eigenvalue weighted by molar-refractivity contribution is 0.100. The van der Waals surface area contributed by atoms with E-state index < -0.39 is 0 Å². The molecule has 6 rings (SSSR count). The van der Waals surface area contributed by atoms with E-state index >= 15 is 0 Å². The van der Waals surface area contributed by atoms with Gasteiger partial charge in [-0.3, -0.25) is 4.79 Å². The van der Waals surface area contributed by atoms with Crippen LogP contribution in [0.4, 0.5) is 0 Å². The van der Waals surface area contributed by atoms with Crippen LogP contribution in [-0.4, -0.2) is 32.3 Å². The maximum absolute atomic E-state index is 13.7. The number of allylic oxidation sites excluding steroid dienone is 2. The molecule has 35 heavy (non-hydrogen) atoms. The summed E-state index contributed by atoms with van der Waals surface area (Å²) in [5.41, 5.74) is 4.63. The predicted molar refractivity (Wildman–Crippen MR) is 138 cm³/mol. The maximum Gasteiger partial charge on any atom is 0.282 e. The van der Waals surface area contributed by atoms with E-state index in [0.717, 1.165) is 28.2 Å². The molecule has 0 unspecified atom stereocenters. The molecule has 4 aromatic rings. The molecule has 0 saturated heterocycles. The van der Waals surface area contributed by atoms with Crippen LogP contribution in [0.5, 0.6) is 0 Å². The van der Waals surface area contributed by atoms with Crippen molar-refractivity contribution in [2.24, 2.45) is 9.98 Å². The van der Waals surface area contributed by atoms with Gasteiger partial charge < -0.3 is 4.90 Å². The van der Waals surface area contributed by atoms with Gasteiger partial charge in [0, 0.05) is 30.1 Å². The second-order valence-corrected chi connectivity index (χ2v) is 8.23. The van der Waals surface area contributed by atoms with Crippen molar-refractivity contribution in [1.82, 2.24) is 14.7 Å². The van der Waals surface area contributed by atoms with E-state index in [9.17, 15) is 4.79 Å². The number of amides is 1. The molecule has 0 saturated carbocycles. The number of aromatic nitrogens is 2. The monoisotopic (exact) mass is 455 g/mol. The number of rotatable bonds is 3. The number of carbonyl (C=O) groups excluding carboxylic acids is 1. The Labute approximate surface area is 202 Å². The molecule has 0 radical (unpaired) electrons. The minimum absolute atomic E-state index is 0.385. The molecule has 2 aliphatic heterocycles. The first kappa shape index (κ1) is 20.7. The lowest BCUT2D eigenvalue weighted by Gasteiger charge is -2.20. The zero-order chi connectivity index (χ0) is 23.6. The fourth-order valence-corrected chi connectivity index (χ4v) is 4.23. The zero-order valence-corrected chi connectivity index (χ0v) is 18.8. The van der Waals surface area contributed by atoms with Crippen molar-refractivity contribution in [3.05, 3.63) is 132 Å². The smallest absolute Gasteiger partial charge is 0.282 e. The largest absolute Gasteiger partial charge is 0.329 e. The van der Waals surface area contributed by atoms with Gasteiger partial charge in [0.05, 0.1) is 11.3 Å². The van der Waals surface area contributed by atoms with Gasteiger partial charge in [0.25, 0.3) is 5.91 Å². The van der Waals surface area contributed by atoms with Crippen molar-refractivity contribution in [2.75, 3.05) is 0 Å². The highest BCUT2D eigenvalue weighted by Crippen LogP contribution is 2.26. The minimum atomic E-state index is -0.385. The van der Waals surface area contributed by atoms with E-state index in [4.69, 9.17) is 10.1 Å². The van der Waals surface area contributed by atoms with Gasteiger partial charge in [-0.2, -0.15) is 10.1 Å². The predicted octanol–water partition coefficient (Wildman–Crippen LogP) is 5.42. The summed E-state index contributed by atoms with van der Waals surface area (Å²) in [5, 5.41) is 4.76. The van der Waals surface area contributed by atoms with Gasteiger partial charge in [0.1, 0.15) is 11.5 Å². The van der Waals surface area contributed by atoms with Crippen molar-refractivity contribution >= 4 is 17.6 Å². The van der Waals surface area contributed by atoms with Gasteiger partial charge in [-0.1, -0.05) is 78.9 Å². The molecule has 1 amide bonds. The highest BCUT2D eigenvalue weighted by atomic mass is 16.1. The molecular formula is C29H21N5O. The second-order valence-electron chi connectivity index (χ2n) is 8.23. The van der Waals surface area contributed by atoms with Crippen LogP contribution in [0.2, 0.25) is 0 Å². The molecule has 0 N–H and O–H groups in total. The van der Waals surface area contributed by atoms with Crippen LogP contribution in [0.25, 0.3) is 16.9 Å². The number of benzene rings is 3. The highest BCUT2D eigenvalue weighted by Gasteiger charge is 2.23. The lowest BCUT2D eigenvalue weighted by atomic mass is 10.1. The standard InChI is InChI=1S/C29H21N5O/c35-29(31-28-24-16-8-7-13-22(24)19-33-18-10-9-17-26(33)30-28)25-20-34(23-14-5-2-6-15-23)32-27(25)21-11-3-1-4-12-21/h1-18,20H,19H2. The van der Waals surface area contributed by atoms with Gasteiger partial charge >= 0.3 is 0 Å². The molecule has 0 fully saturated rings. The zero-order valence-electron chi connectivity index (χ0n) is 18.8. The molecule has 168 valence electrons. The van der Waals surface area contributed by atoms with Crippen LogP contribution in [0.3, 0.4) is 0 Å². The molecule has 0 spiro atoms. The summed E-state index contributed by atoms with van der Waals surface area (Å²) >= 11 is 0. The van der Waals surface area contributed by atoms with Gasteiger partial charge in [0.2, 0.25) is 0 Å². The fourth-order valence-electron chi connectivity index (χ4n) is 4.23. The topological polar surface area (TPSA) is 62.9 Å². The summed E-state index contributed by atoms with van der Waals surface area (Å²) in [4.78, 5) is 25.1. The van der Waals surface area contributed by atoms with Crippen molar-refractivity contribution in [3.63, 3.8) is 0 Å². The SMILES string of the molecule is O=C(N=C1N=C2C=CC=CN2Cc2ccccc21)c1cn(-c2ccccc2)nc1-c1ccccc1. The first-order valence-corrected chi connectivity index (χ1v) is 11.4. The number of fused-ring (bicyclic) bond motifs is 2. The molecule has 6 heteroatoms. The molecule has 3 heterocycles. The molecule has 0 aliphatic carbocycles. The minimum Gasteiger partial charge on any atom is -0.329 e. The molecule has 0 bridgehead atoms. The maximum atomic E-state index is 13.7. The third kappa shape index (κ3) is 4.02. The van der Waals surface area contributed by atoms with Crippen LogP contribution < -0.4 is 0 Å². The molecule has 0 atom stereocenters. The van der Waals surface area contributed by atoms with Crippen molar-refractivity contribution < 1.29 is 4.79 Å². The quantitative estimate of drug-likeness (QED) is 0.414. The summed E-state index contributed by atoms with van der Waals surface area (Å²) in [5.74, 6) is 0.761. The van der Waals surface area contributed by atoms with Crippen LogP contribution >= 0.6 is 0 Å². The Morgan fingerprint density at radius 2 is 1.60 bits per heavy atom. The van der Waals surface area contributed by atoms with Gasteiger partial charge in [-0.25, -0.2) is 9.67 Å². The Morgan fingerprint density at radius 1 is 0.857 bits per heavy atom. The third-order valence-corrected chi connectivity index (χ3v) is 5.96. The highest BCUT2D eigenvalue weighted by molar-refractivity contribution is 6.17. The van der Waals surface area contributed by atoms with Crippen LogP contribution in [0.1, 0.15) is 21.5 Å². The molecular weight excluding hydrogens is 434 g/mol. The average molecular weight is 456 g/mol. The van der Waals surface area contributed by atoms with Crippen LogP contribution in [-0.2, 0) is 6.54 Å². The summed E-state index contributed by atoms with van der Waals surface area (Å²) < 4.78 is 1.72. The number of para-hydroxylation sites is 1. The van der Waals surface area contributed by atoms with E-state index in [1.165, 1.54) is 0 Å². The van der Waals surface area contributed by atoms with Crippen LogP contribution in [0, 0.1) is 0 Å². The Morgan fingerprint density at radius 3 is 2.43 bits per heavy atom. The Balaban J connectivity index is 1.49. The Bertz CT molecular complexity index is 1530. The Kier molecular flexibility index (Phi) is 5.24. The third-order valence-electron chi connectivity index (χ3n) is 5.96. The number of carbonyl (C=O) groups is 1. The normalized spacial score (nSPS) is 15.4. The summed E-state index contributed by atoms with van der Waals surface area (Å²) in [6.45, 7) is 0.657. The fraction of sp³-hybridized carbons (Fsp3) is 0.0345. The van der Waals surface area contributed by atoms with Gasteiger partial charge in [-0.15, -0.1) is 0 Å². The number of amidine groups is 2. The Hall–Kier alpha value is -4.84. The van der Waals surface area contributed by atoms with Crippen molar-refractivity contribution in [1.29, 1.82) is 0 Å². The van der Waals surface area contributed by atoms with E-state index in [2.05, 4.69) is 9.89 Å². The van der Waals surface area contributed by atoms with Gasteiger partial charge in [-0.05, 0) is 29.8 Å². The van der Waals surface area contributed by atoms with E-state index in [0.29, 0.717) is 23.6 Å². The first-order chi connectivity index (χ1) is 17.3. The summed E-state index contributed by atoms with van der Waals surface area (Å²) in [7, 11) is 0. The van der Waals surface area contributed by atoms with Crippen molar-refractivity contribution in [3.8, 4) is 16.9 Å².